The Balaban J connectivity index is 2.17. The number of pyridine rings is 1. The summed E-state index contributed by atoms with van der Waals surface area (Å²) in [5.74, 6) is 0. The first-order valence-corrected chi connectivity index (χ1v) is 5.31. The van der Waals surface area contributed by atoms with Gasteiger partial charge in [0.25, 0.3) is 0 Å². The Morgan fingerprint density at radius 2 is 2.20 bits per heavy atom. The Bertz CT molecular complexity index is 325. The predicted octanol–water partition coefficient (Wildman–Crippen LogP) is 1.90. The second kappa shape index (κ2) is 3.58. The van der Waals surface area contributed by atoms with Gasteiger partial charge in [-0.25, -0.2) is 0 Å². The second-order valence-corrected chi connectivity index (χ2v) is 5.08. The SMILES string of the molecule is CC1(C)CNC(C)(c2cccnc2)OC1. The van der Waals surface area contributed by atoms with Gasteiger partial charge in [0, 0.05) is 29.9 Å². The first-order chi connectivity index (χ1) is 7.02. The van der Waals surface area contributed by atoms with Crippen molar-refractivity contribution in [3.05, 3.63) is 30.1 Å². The molecule has 1 aromatic rings. The molecule has 3 heteroatoms. The fourth-order valence-corrected chi connectivity index (χ4v) is 1.68. The number of hydrogen-bond acceptors (Lipinski definition) is 3. The summed E-state index contributed by atoms with van der Waals surface area (Å²) in [5, 5.41) is 3.44. The zero-order valence-corrected chi connectivity index (χ0v) is 9.58. The summed E-state index contributed by atoms with van der Waals surface area (Å²) in [7, 11) is 0. The summed E-state index contributed by atoms with van der Waals surface area (Å²) in [6.45, 7) is 8.18. The average Bonchev–Trinajstić information content (AvgIpc) is 2.24. The Kier molecular flexibility index (Phi) is 2.52. The van der Waals surface area contributed by atoms with Gasteiger partial charge in [0.15, 0.2) is 0 Å². The topological polar surface area (TPSA) is 34.2 Å². The molecule has 15 heavy (non-hydrogen) atoms. The van der Waals surface area contributed by atoms with Gasteiger partial charge in [-0.15, -0.1) is 0 Å². The molecule has 1 unspecified atom stereocenters. The molecule has 0 aromatic carbocycles. The number of aromatic nitrogens is 1. The van der Waals surface area contributed by atoms with E-state index in [9.17, 15) is 0 Å². The smallest absolute Gasteiger partial charge is 0.144 e. The Hall–Kier alpha value is -0.930. The zero-order valence-electron chi connectivity index (χ0n) is 9.58. The van der Waals surface area contributed by atoms with Crippen LogP contribution in [0.1, 0.15) is 26.3 Å². The number of nitrogens with one attached hydrogen (secondary N) is 1. The summed E-state index contributed by atoms with van der Waals surface area (Å²) in [6, 6.07) is 3.98. The van der Waals surface area contributed by atoms with Gasteiger partial charge >= 0.3 is 0 Å². The largest absolute Gasteiger partial charge is 0.356 e. The first kappa shape index (κ1) is 10.6. The van der Waals surface area contributed by atoms with Crippen molar-refractivity contribution in [2.24, 2.45) is 5.41 Å². The average molecular weight is 206 g/mol. The van der Waals surface area contributed by atoms with Crippen LogP contribution < -0.4 is 5.32 Å². The lowest BCUT2D eigenvalue weighted by Crippen LogP contribution is -2.53. The normalized spacial score (nSPS) is 30.1. The third kappa shape index (κ3) is 2.19. The van der Waals surface area contributed by atoms with Crippen molar-refractivity contribution in [1.82, 2.24) is 10.3 Å². The van der Waals surface area contributed by atoms with E-state index in [1.807, 2.05) is 18.3 Å². The molecule has 1 saturated heterocycles. The molecule has 1 aromatic heterocycles. The molecular weight excluding hydrogens is 188 g/mol. The molecule has 1 N–H and O–H groups in total. The third-order valence-corrected chi connectivity index (χ3v) is 2.87. The molecule has 0 saturated carbocycles. The van der Waals surface area contributed by atoms with Gasteiger partial charge in [-0.1, -0.05) is 19.9 Å². The first-order valence-electron chi connectivity index (χ1n) is 5.31. The highest BCUT2D eigenvalue weighted by atomic mass is 16.5. The lowest BCUT2D eigenvalue weighted by Gasteiger charge is -2.42. The van der Waals surface area contributed by atoms with Gasteiger partial charge in [-0.2, -0.15) is 0 Å². The van der Waals surface area contributed by atoms with Crippen molar-refractivity contribution in [3.63, 3.8) is 0 Å². The van der Waals surface area contributed by atoms with Gasteiger partial charge in [0.1, 0.15) is 5.72 Å². The summed E-state index contributed by atoms with van der Waals surface area (Å²) in [6.07, 6.45) is 3.63. The van der Waals surface area contributed by atoms with E-state index in [1.54, 1.807) is 6.20 Å². The van der Waals surface area contributed by atoms with Crippen LogP contribution in [0.3, 0.4) is 0 Å². The van der Waals surface area contributed by atoms with Crippen molar-refractivity contribution in [2.75, 3.05) is 13.2 Å². The van der Waals surface area contributed by atoms with Crippen LogP contribution in [0.5, 0.6) is 0 Å². The van der Waals surface area contributed by atoms with Gasteiger partial charge < -0.3 is 4.74 Å². The zero-order chi connectivity index (χ0) is 10.9. The lowest BCUT2D eigenvalue weighted by atomic mass is 9.91. The fourth-order valence-electron chi connectivity index (χ4n) is 1.68. The lowest BCUT2D eigenvalue weighted by molar-refractivity contribution is -0.132. The van der Waals surface area contributed by atoms with Gasteiger partial charge in [-0.3, -0.25) is 10.3 Å². The minimum absolute atomic E-state index is 0.210. The fraction of sp³-hybridized carbons (Fsp3) is 0.583. The highest BCUT2D eigenvalue weighted by Crippen LogP contribution is 2.30. The molecule has 0 aliphatic carbocycles. The maximum absolute atomic E-state index is 5.92. The van der Waals surface area contributed by atoms with Crippen molar-refractivity contribution in [3.8, 4) is 0 Å². The van der Waals surface area contributed by atoms with Gasteiger partial charge in [0.2, 0.25) is 0 Å². The quantitative estimate of drug-likeness (QED) is 0.762. The molecule has 1 fully saturated rings. The highest BCUT2D eigenvalue weighted by molar-refractivity contribution is 5.17. The van der Waals surface area contributed by atoms with E-state index in [2.05, 4.69) is 31.1 Å². The minimum Gasteiger partial charge on any atom is -0.356 e. The van der Waals surface area contributed by atoms with E-state index in [4.69, 9.17) is 4.74 Å². The van der Waals surface area contributed by atoms with Crippen LogP contribution in [0, 0.1) is 5.41 Å². The van der Waals surface area contributed by atoms with E-state index in [-0.39, 0.29) is 11.1 Å². The van der Waals surface area contributed by atoms with E-state index in [1.165, 1.54) is 0 Å². The van der Waals surface area contributed by atoms with Crippen molar-refractivity contribution < 1.29 is 4.74 Å². The molecule has 3 nitrogen and oxygen atoms in total. The number of hydrogen-bond donors (Lipinski definition) is 1. The number of nitrogens with zero attached hydrogens (tertiary/aromatic N) is 1. The number of rotatable bonds is 1. The molecule has 1 aliphatic rings. The van der Waals surface area contributed by atoms with E-state index in [0.29, 0.717) is 0 Å². The van der Waals surface area contributed by atoms with Crippen LogP contribution in [-0.2, 0) is 10.5 Å². The molecule has 0 amide bonds. The van der Waals surface area contributed by atoms with E-state index < -0.39 is 0 Å². The monoisotopic (exact) mass is 206 g/mol. The second-order valence-electron chi connectivity index (χ2n) is 5.08. The Morgan fingerprint density at radius 3 is 2.73 bits per heavy atom. The predicted molar refractivity (Wildman–Crippen MR) is 59.3 cm³/mol. The van der Waals surface area contributed by atoms with E-state index >= 15 is 0 Å². The number of ether oxygens (including phenoxy) is 1. The maximum Gasteiger partial charge on any atom is 0.144 e. The van der Waals surface area contributed by atoms with Crippen LogP contribution in [0.2, 0.25) is 0 Å². The van der Waals surface area contributed by atoms with Crippen molar-refractivity contribution in [2.45, 2.75) is 26.5 Å². The summed E-state index contributed by atoms with van der Waals surface area (Å²) in [5.41, 5.74) is 0.909. The molecule has 2 rings (SSSR count). The minimum atomic E-state index is -0.385. The molecule has 2 heterocycles. The maximum atomic E-state index is 5.92. The van der Waals surface area contributed by atoms with Crippen LogP contribution in [0.25, 0.3) is 0 Å². The standard InChI is InChI=1S/C12H18N2O/c1-11(2)8-14-12(3,15-9-11)10-5-4-6-13-7-10/h4-7,14H,8-9H2,1-3H3. The Labute approximate surface area is 90.9 Å². The van der Waals surface area contributed by atoms with Gasteiger partial charge in [0.05, 0.1) is 6.61 Å². The summed E-state index contributed by atoms with van der Waals surface area (Å²) >= 11 is 0. The molecule has 1 atom stereocenters. The van der Waals surface area contributed by atoms with Gasteiger partial charge in [-0.05, 0) is 13.0 Å². The highest BCUT2D eigenvalue weighted by Gasteiger charge is 2.36. The third-order valence-electron chi connectivity index (χ3n) is 2.87. The molecule has 82 valence electrons. The molecule has 0 spiro atoms. The van der Waals surface area contributed by atoms with Crippen molar-refractivity contribution >= 4 is 0 Å². The molecule has 0 radical (unpaired) electrons. The Morgan fingerprint density at radius 1 is 1.40 bits per heavy atom. The summed E-state index contributed by atoms with van der Waals surface area (Å²) in [4.78, 5) is 4.12. The molecule has 0 bridgehead atoms. The van der Waals surface area contributed by atoms with E-state index in [0.717, 1.165) is 18.7 Å². The van der Waals surface area contributed by atoms with Crippen LogP contribution in [0.15, 0.2) is 24.5 Å². The van der Waals surface area contributed by atoms with Crippen molar-refractivity contribution in [1.29, 1.82) is 0 Å². The van der Waals surface area contributed by atoms with Crippen LogP contribution in [0.4, 0.5) is 0 Å². The summed E-state index contributed by atoms with van der Waals surface area (Å²) < 4.78 is 5.92. The molecule has 1 aliphatic heterocycles. The van der Waals surface area contributed by atoms with Crippen LogP contribution in [-0.4, -0.2) is 18.1 Å². The van der Waals surface area contributed by atoms with Crippen LogP contribution >= 0.6 is 0 Å². The molecular formula is C12H18N2O.